The molecule has 1 rings (SSSR count). The summed E-state index contributed by atoms with van der Waals surface area (Å²) < 4.78 is 22.5. The van der Waals surface area contributed by atoms with Crippen LogP contribution in [0.25, 0.3) is 0 Å². The maximum Gasteiger partial charge on any atom is 0.339 e. The van der Waals surface area contributed by atoms with E-state index in [-0.39, 0.29) is 12.1 Å². The minimum atomic E-state index is -1.06. The van der Waals surface area contributed by atoms with E-state index < -0.39 is 11.2 Å². The molecule has 1 aliphatic rings. The van der Waals surface area contributed by atoms with Crippen molar-refractivity contribution in [3.63, 3.8) is 0 Å². The van der Waals surface area contributed by atoms with E-state index in [9.17, 15) is 4.79 Å². The largest absolute Gasteiger partial charge is 0.458 e. The third-order valence-electron chi connectivity index (χ3n) is 4.47. The van der Waals surface area contributed by atoms with Crippen molar-refractivity contribution in [2.24, 2.45) is 5.92 Å². The van der Waals surface area contributed by atoms with Crippen LogP contribution >= 0.6 is 0 Å². The van der Waals surface area contributed by atoms with Gasteiger partial charge in [-0.05, 0) is 46.0 Å². The van der Waals surface area contributed by atoms with Crippen LogP contribution in [-0.2, 0) is 23.7 Å². The molecule has 0 unspecified atom stereocenters. The van der Waals surface area contributed by atoms with Crippen molar-refractivity contribution in [3.8, 4) is 0 Å². The number of esters is 1. The van der Waals surface area contributed by atoms with Crippen LogP contribution in [0.15, 0.2) is 25.3 Å². The lowest BCUT2D eigenvalue weighted by atomic mass is 9.87. The molecule has 0 spiro atoms. The van der Waals surface area contributed by atoms with Crippen molar-refractivity contribution < 1.29 is 23.7 Å². The molecule has 0 amide bonds. The molecule has 0 radical (unpaired) electrons. The zero-order valence-corrected chi connectivity index (χ0v) is 16.9. The fourth-order valence-corrected chi connectivity index (χ4v) is 3.25. The van der Waals surface area contributed by atoms with Gasteiger partial charge in [0.25, 0.3) is 0 Å². The van der Waals surface area contributed by atoms with Crippen molar-refractivity contribution in [1.82, 2.24) is 0 Å². The summed E-state index contributed by atoms with van der Waals surface area (Å²) in [4.78, 5) is 12.9. The minimum Gasteiger partial charge on any atom is -0.458 e. The van der Waals surface area contributed by atoms with E-state index in [2.05, 4.69) is 13.2 Å². The van der Waals surface area contributed by atoms with Gasteiger partial charge in [-0.2, -0.15) is 0 Å². The number of rotatable bonds is 11. The van der Waals surface area contributed by atoms with Gasteiger partial charge >= 0.3 is 5.97 Å². The predicted molar refractivity (Wildman–Crippen MR) is 103 cm³/mol. The van der Waals surface area contributed by atoms with Crippen LogP contribution in [0, 0.1) is 5.92 Å². The lowest BCUT2D eigenvalue weighted by molar-refractivity contribution is -0.186. The van der Waals surface area contributed by atoms with Crippen molar-refractivity contribution >= 4 is 5.97 Å². The molecule has 150 valence electrons. The number of carbonyl (C=O) groups is 1. The molecule has 0 bridgehead atoms. The highest BCUT2D eigenvalue weighted by Gasteiger charge is 2.41. The second-order valence-electron chi connectivity index (χ2n) is 8.02. The van der Waals surface area contributed by atoms with Crippen molar-refractivity contribution in [1.29, 1.82) is 0 Å². The lowest BCUT2D eigenvalue weighted by Crippen LogP contribution is -2.46. The number of hydrogen-bond donors (Lipinski definition) is 0. The molecular formula is C21H36O5. The molecule has 0 aromatic heterocycles. The molecule has 0 aromatic carbocycles. The Morgan fingerprint density at radius 2 is 1.81 bits per heavy atom. The van der Waals surface area contributed by atoms with E-state index in [4.69, 9.17) is 18.9 Å². The second kappa shape index (κ2) is 10.9. The Bertz CT molecular complexity index is 442. The van der Waals surface area contributed by atoms with Crippen molar-refractivity contribution in [2.75, 3.05) is 20.5 Å². The Hall–Kier alpha value is -1.17. The Kier molecular flexibility index (Phi) is 9.55. The third-order valence-corrected chi connectivity index (χ3v) is 4.47. The normalized spacial score (nSPS) is 21.2. The molecule has 26 heavy (non-hydrogen) atoms. The third kappa shape index (κ3) is 7.60. The molecule has 2 atom stereocenters. The van der Waals surface area contributed by atoms with Crippen LogP contribution in [0.2, 0.25) is 0 Å². The van der Waals surface area contributed by atoms with Gasteiger partial charge in [0, 0.05) is 20.0 Å². The van der Waals surface area contributed by atoms with Gasteiger partial charge in [-0.25, -0.2) is 4.79 Å². The van der Waals surface area contributed by atoms with Gasteiger partial charge in [-0.15, -0.1) is 13.2 Å². The molecule has 1 fully saturated rings. The van der Waals surface area contributed by atoms with Gasteiger partial charge in [-0.3, -0.25) is 0 Å². The fraction of sp³-hybridized carbons (Fsp3) is 0.762. The lowest BCUT2D eigenvalue weighted by Gasteiger charge is -2.36. The quantitative estimate of drug-likeness (QED) is 0.307. The molecule has 1 saturated carbocycles. The first-order valence-electron chi connectivity index (χ1n) is 9.46. The van der Waals surface area contributed by atoms with Gasteiger partial charge in [0.2, 0.25) is 0 Å². The number of ether oxygens (including phenoxy) is 4. The first-order valence-corrected chi connectivity index (χ1v) is 9.46. The molecule has 0 saturated heterocycles. The summed E-state index contributed by atoms with van der Waals surface area (Å²) >= 11 is 0. The summed E-state index contributed by atoms with van der Waals surface area (Å²) in [7, 11) is 1.63. The summed E-state index contributed by atoms with van der Waals surface area (Å²) in [5, 5.41) is 0. The average molecular weight is 369 g/mol. The molecule has 5 heteroatoms. The standard InChI is InChI=1S/C21H36O5/c1-7-12-21(13-8-2,19(22)26-20(3,4)5)25-15-17-10-9-11-18(14-17)24-16-23-6/h7-8,17-18H,1-2,9-16H2,3-6H3/t17-,18+/m0/s1. The monoisotopic (exact) mass is 368 g/mol. The van der Waals surface area contributed by atoms with Crippen LogP contribution in [0.3, 0.4) is 0 Å². The number of carbonyl (C=O) groups excluding carboxylic acids is 1. The van der Waals surface area contributed by atoms with Crippen LogP contribution in [0.4, 0.5) is 0 Å². The highest BCUT2D eigenvalue weighted by Crippen LogP contribution is 2.31. The van der Waals surface area contributed by atoms with Crippen LogP contribution in [0.5, 0.6) is 0 Å². The Balaban J connectivity index is 2.77. The van der Waals surface area contributed by atoms with E-state index in [0.717, 1.165) is 25.7 Å². The molecule has 0 heterocycles. The van der Waals surface area contributed by atoms with Gasteiger partial charge in [0.05, 0.1) is 12.7 Å². The van der Waals surface area contributed by atoms with Crippen LogP contribution in [0.1, 0.15) is 59.3 Å². The van der Waals surface area contributed by atoms with Gasteiger partial charge in [-0.1, -0.05) is 18.6 Å². The van der Waals surface area contributed by atoms with Crippen molar-refractivity contribution in [3.05, 3.63) is 25.3 Å². The summed E-state index contributed by atoms with van der Waals surface area (Å²) in [5.41, 5.74) is -1.63. The highest BCUT2D eigenvalue weighted by molar-refractivity contribution is 5.80. The Morgan fingerprint density at radius 3 is 2.35 bits per heavy atom. The molecule has 5 nitrogen and oxygen atoms in total. The van der Waals surface area contributed by atoms with Crippen LogP contribution < -0.4 is 0 Å². The van der Waals surface area contributed by atoms with E-state index in [1.54, 1.807) is 19.3 Å². The van der Waals surface area contributed by atoms with Gasteiger partial charge < -0.3 is 18.9 Å². The Morgan fingerprint density at radius 1 is 1.15 bits per heavy atom. The number of hydrogen-bond acceptors (Lipinski definition) is 5. The first kappa shape index (κ1) is 22.9. The average Bonchev–Trinajstić information content (AvgIpc) is 2.57. The zero-order valence-electron chi connectivity index (χ0n) is 16.9. The molecule has 0 aromatic rings. The second-order valence-corrected chi connectivity index (χ2v) is 8.02. The zero-order chi connectivity index (χ0) is 19.6. The summed E-state index contributed by atoms with van der Waals surface area (Å²) in [6.07, 6.45) is 8.50. The SMILES string of the molecule is C=CCC(CC=C)(OC[C@H]1CCC[C@@H](OCOC)C1)C(=O)OC(C)(C)C. The van der Waals surface area contributed by atoms with E-state index in [1.165, 1.54) is 0 Å². The summed E-state index contributed by atoms with van der Waals surface area (Å²) in [5.74, 6) is -0.00478. The number of methoxy groups -OCH3 is 1. The molecule has 0 N–H and O–H groups in total. The maximum absolute atomic E-state index is 12.9. The maximum atomic E-state index is 12.9. The summed E-state index contributed by atoms with van der Waals surface area (Å²) in [6.45, 7) is 14.0. The molecular weight excluding hydrogens is 332 g/mol. The molecule has 1 aliphatic carbocycles. The smallest absolute Gasteiger partial charge is 0.339 e. The molecule has 0 aliphatic heterocycles. The topological polar surface area (TPSA) is 54.0 Å². The fourth-order valence-electron chi connectivity index (χ4n) is 3.25. The van der Waals surface area contributed by atoms with E-state index in [0.29, 0.717) is 32.2 Å². The van der Waals surface area contributed by atoms with Crippen molar-refractivity contribution in [2.45, 2.75) is 76.6 Å². The van der Waals surface area contributed by atoms with Gasteiger partial charge in [0.1, 0.15) is 12.4 Å². The highest BCUT2D eigenvalue weighted by atomic mass is 16.7. The predicted octanol–water partition coefficient (Wildman–Crippen LogP) is 4.42. The van der Waals surface area contributed by atoms with Crippen LogP contribution in [-0.4, -0.2) is 43.8 Å². The minimum absolute atomic E-state index is 0.187. The summed E-state index contributed by atoms with van der Waals surface area (Å²) in [6, 6.07) is 0. The van der Waals surface area contributed by atoms with Gasteiger partial charge in [0.15, 0.2) is 5.60 Å². The first-order chi connectivity index (χ1) is 12.3. The van der Waals surface area contributed by atoms with E-state index >= 15 is 0 Å². The van der Waals surface area contributed by atoms with E-state index in [1.807, 2.05) is 20.8 Å². The Labute approximate surface area is 158 Å².